The van der Waals surface area contributed by atoms with Gasteiger partial charge in [0.25, 0.3) is 0 Å². The Hall–Kier alpha value is -6.72. The first-order chi connectivity index (χ1) is 33.6. The van der Waals surface area contributed by atoms with Gasteiger partial charge in [0.05, 0.1) is 5.52 Å². The SMILES string of the molecule is [B]c1c([B])c([B])c(-n2c3c([B])c([B])c([B])c4c5c([B])c([B])c([B])c([B])c5c5c([B])c([B])c(-c6ccc7oc8cccc(-c9nc(-c%10ccccc%10)nc(-c%10ccccc%10)n9)c8c7c6)c2c5c43)c([B])c1[B]. The molecule has 0 saturated heterocycles. The Bertz CT molecular complexity index is 4200. The third-order valence-corrected chi connectivity index (χ3v) is 13.6. The van der Waals surface area contributed by atoms with Crippen LogP contribution in [0.15, 0.2) is 101 Å². The van der Waals surface area contributed by atoms with Crippen molar-refractivity contribution in [2.45, 2.75) is 0 Å². The van der Waals surface area contributed by atoms with E-state index in [9.17, 15) is 0 Å². The second-order valence-electron chi connectivity index (χ2n) is 17.3. The van der Waals surface area contributed by atoms with E-state index in [4.69, 9.17) is 129 Å². The van der Waals surface area contributed by atoms with E-state index in [-0.39, 0.29) is 82.2 Å². The van der Waals surface area contributed by atoms with Crippen LogP contribution in [0.25, 0.3) is 116 Å². The van der Waals surface area contributed by atoms with Crippen LogP contribution in [-0.2, 0) is 0 Å². The van der Waals surface area contributed by atoms with Crippen molar-refractivity contribution >= 4 is 252 Å². The molecule has 19 heteroatoms. The van der Waals surface area contributed by atoms with Crippen molar-refractivity contribution in [1.29, 1.82) is 0 Å². The van der Waals surface area contributed by atoms with Gasteiger partial charge in [0, 0.05) is 49.4 Å². The Morgan fingerprint density at radius 3 is 1.34 bits per heavy atom. The highest BCUT2D eigenvalue weighted by Crippen LogP contribution is 2.45. The number of hydrogen-bond acceptors (Lipinski definition) is 4. The van der Waals surface area contributed by atoms with Gasteiger partial charge in [-0.05, 0) is 50.9 Å². The fourth-order valence-corrected chi connectivity index (χ4v) is 10.2. The topological polar surface area (TPSA) is 56.7 Å². The molecule has 0 aliphatic heterocycles. The normalized spacial score (nSPS) is 11.9. The van der Waals surface area contributed by atoms with Crippen LogP contribution in [0, 0.1) is 0 Å². The zero-order chi connectivity index (χ0) is 48.9. The summed E-state index contributed by atoms with van der Waals surface area (Å²) in [6.45, 7) is 0. The summed E-state index contributed by atoms with van der Waals surface area (Å²) in [6.07, 6.45) is 0. The first-order valence-electron chi connectivity index (χ1n) is 21.8. The van der Waals surface area contributed by atoms with E-state index < -0.39 is 0 Å². The van der Waals surface area contributed by atoms with Crippen molar-refractivity contribution in [2.24, 2.45) is 0 Å². The van der Waals surface area contributed by atoms with Crippen LogP contribution < -0.4 is 76.5 Å². The minimum Gasteiger partial charge on any atom is -0.456 e. The highest BCUT2D eigenvalue weighted by Gasteiger charge is 2.31. The first-order valence-corrected chi connectivity index (χ1v) is 21.8. The molecule has 70 heavy (non-hydrogen) atoms. The fourth-order valence-electron chi connectivity index (χ4n) is 10.2. The molecule has 0 bridgehead atoms. The Kier molecular flexibility index (Phi) is 10.1. The molecule has 3 heterocycles. The molecule has 12 aromatic rings. The third-order valence-electron chi connectivity index (χ3n) is 13.6. The third kappa shape index (κ3) is 6.02. The second kappa shape index (κ2) is 15.9. The van der Waals surface area contributed by atoms with E-state index in [1.54, 1.807) is 4.57 Å². The van der Waals surface area contributed by atoms with Crippen molar-refractivity contribution in [3.63, 3.8) is 0 Å². The highest BCUT2D eigenvalue weighted by molar-refractivity contribution is 6.74. The summed E-state index contributed by atoms with van der Waals surface area (Å²) in [4.78, 5) is 15.0. The highest BCUT2D eigenvalue weighted by atomic mass is 16.3. The van der Waals surface area contributed by atoms with Crippen LogP contribution >= 0.6 is 0 Å². The van der Waals surface area contributed by atoms with E-state index in [1.807, 2.05) is 97.1 Å². The van der Waals surface area contributed by atoms with Crippen molar-refractivity contribution in [2.75, 3.05) is 0 Å². The molecule has 0 saturated carbocycles. The van der Waals surface area contributed by atoms with E-state index in [0.29, 0.717) is 94.1 Å². The summed E-state index contributed by atoms with van der Waals surface area (Å²) >= 11 is 0. The summed E-state index contributed by atoms with van der Waals surface area (Å²) in [5, 5.41) is 3.71. The van der Waals surface area contributed by atoms with Crippen LogP contribution in [-0.4, -0.2) is 129 Å². The average molecular weight is 852 g/mol. The fraction of sp³-hybridized carbons (Fsp3) is 0. The Balaban J connectivity index is 1.26. The van der Waals surface area contributed by atoms with Crippen LogP contribution in [0.2, 0.25) is 0 Å². The number of hydrogen-bond donors (Lipinski definition) is 0. The summed E-state index contributed by atoms with van der Waals surface area (Å²) in [5.74, 6) is 1.40. The number of nitrogens with zero attached hydrogens (tertiary/aromatic N) is 4. The van der Waals surface area contributed by atoms with Crippen LogP contribution in [0.3, 0.4) is 0 Å². The molecule has 5 nitrogen and oxygen atoms in total. The molecule has 28 radical (unpaired) electrons. The molecule has 0 aliphatic carbocycles. The number of benzene rings is 9. The molecule has 0 fully saturated rings. The lowest BCUT2D eigenvalue weighted by Gasteiger charge is -2.25. The molecular formula is C51H16B14N4O. The maximum Gasteiger partial charge on any atom is 0.164 e. The summed E-state index contributed by atoms with van der Waals surface area (Å²) in [7, 11) is 95.9. The number of rotatable bonds is 5. The molecule has 0 amide bonds. The molecule has 0 aliphatic rings. The van der Waals surface area contributed by atoms with Crippen molar-refractivity contribution < 1.29 is 4.42 Å². The van der Waals surface area contributed by atoms with Crippen LogP contribution in [0.1, 0.15) is 0 Å². The second-order valence-corrected chi connectivity index (χ2v) is 17.3. The lowest BCUT2D eigenvalue weighted by Crippen LogP contribution is -2.56. The molecule has 0 unspecified atom stereocenters. The maximum absolute atomic E-state index is 7.39. The smallest absolute Gasteiger partial charge is 0.164 e. The van der Waals surface area contributed by atoms with E-state index in [2.05, 4.69) is 0 Å². The first kappa shape index (κ1) is 44.5. The quantitative estimate of drug-likeness (QED) is 0.133. The Labute approximate surface area is 421 Å². The number of aromatic nitrogens is 4. The monoisotopic (exact) mass is 854 g/mol. The molecular weight excluding hydrogens is 836 g/mol. The molecule has 0 atom stereocenters. The minimum absolute atomic E-state index is 0.00772. The molecule has 3 aromatic heterocycles. The predicted molar refractivity (Wildman–Crippen MR) is 305 cm³/mol. The van der Waals surface area contributed by atoms with Crippen molar-refractivity contribution in [3.8, 4) is 51.0 Å². The lowest BCUT2D eigenvalue weighted by molar-refractivity contribution is 0.669. The zero-order valence-corrected chi connectivity index (χ0v) is 37.0. The molecule has 0 N–H and O–H groups in total. The predicted octanol–water partition coefficient (Wildman–Crippen LogP) is -3.61. The van der Waals surface area contributed by atoms with E-state index >= 15 is 0 Å². The van der Waals surface area contributed by atoms with Gasteiger partial charge < -0.3 is 8.98 Å². The van der Waals surface area contributed by atoms with E-state index in [1.165, 1.54) is 0 Å². The largest absolute Gasteiger partial charge is 0.456 e. The standard InChI is InChI=1S/C51H16B14N4O/c52-32-24(19-14-15-22-21(16-19)25-20(12-7-13-23(25)70-22)51-67-49(17-8-3-1-4-9-17)66-50(68-51)18-10-5-2-6-11-18)46-30-28(33(32)53)26-27(35(55)38(58)37(57)34(26)54)29-31(30)47(43(63)39(59)36(29)56)69(46)48-44(64)41(61)40(60)42(62)45(48)65/h1-16H. The van der Waals surface area contributed by atoms with Crippen LogP contribution in [0.4, 0.5) is 0 Å². The molecule has 0 spiro atoms. The van der Waals surface area contributed by atoms with Gasteiger partial charge in [-0.3, -0.25) is 0 Å². The molecule has 12 rings (SSSR count). The average Bonchev–Trinajstić information content (AvgIpc) is 3.93. The summed E-state index contributed by atoms with van der Waals surface area (Å²) in [5.41, 5.74) is 5.71. The van der Waals surface area contributed by atoms with Crippen LogP contribution in [0.5, 0.6) is 0 Å². The van der Waals surface area contributed by atoms with Gasteiger partial charge in [-0.2, -0.15) is 0 Å². The van der Waals surface area contributed by atoms with Gasteiger partial charge in [0.15, 0.2) is 17.5 Å². The van der Waals surface area contributed by atoms with Gasteiger partial charge in [-0.25, -0.2) is 15.0 Å². The van der Waals surface area contributed by atoms with Gasteiger partial charge in [0.1, 0.15) is 121 Å². The molecule has 288 valence electrons. The van der Waals surface area contributed by atoms with Gasteiger partial charge >= 0.3 is 0 Å². The summed E-state index contributed by atoms with van der Waals surface area (Å²) < 4.78 is 8.27. The lowest BCUT2D eigenvalue weighted by atomic mass is 9.61. The zero-order valence-electron chi connectivity index (χ0n) is 37.0. The van der Waals surface area contributed by atoms with E-state index in [0.717, 1.165) is 16.5 Å². The van der Waals surface area contributed by atoms with Gasteiger partial charge in [0.2, 0.25) is 0 Å². The van der Waals surface area contributed by atoms with Crippen molar-refractivity contribution in [1.82, 2.24) is 19.5 Å². The summed E-state index contributed by atoms with van der Waals surface area (Å²) in [6, 6.07) is 30.8. The number of furan rings is 1. The Morgan fingerprint density at radius 1 is 0.329 bits per heavy atom. The minimum atomic E-state index is -0.0284. The number of fused-ring (bicyclic) bond motifs is 6. The maximum atomic E-state index is 7.39. The van der Waals surface area contributed by atoms with Gasteiger partial charge in [-0.1, -0.05) is 123 Å². The molecule has 9 aromatic carbocycles. The van der Waals surface area contributed by atoms with Gasteiger partial charge in [-0.15, -0.1) is 32.8 Å². The Morgan fingerprint density at radius 2 is 0.786 bits per heavy atom. The van der Waals surface area contributed by atoms with Crippen molar-refractivity contribution in [3.05, 3.63) is 97.1 Å².